The molecule has 4 amide bonds. The summed E-state index contributed by atoms with van der Waals surface area (Å²) in [4.78, 5) is 55.1. The van der Waals surface area contributed by atoms with Crippen molar-refractivity contribution in [2.24, 2.45) is 4.99 Å². The first-order chi connectivity index (χ1) is 15.7. The molecule has 0 aliphatic carbocycles. The average molecular weight is 455 g/mol. The van der Waals surface area contributed by atoms with Crippen LogP contribution in [0.3, 0.4) is 0 Å². The molecule has 3 rings (SSSR count). The Morgan fingerprint density at radius 3 is 2.79 bits per heavy atom. The van der Waals surface area contributed by atoms with E-state index in [2.05, 4.69) is 15.6 Å². The number of hydrogen-bond acceptors (Lipinski definition) is 5. The number of rotatable bonds is 5. The molecule has 1 unspecified atom stereocenters. The number of benzene rings is 1. The summed E-state index contributed by atoms with van der Waals surface area (Å²) in [5, 5.41) is 5.05. The van der Waals surface area contributed by atoms with Gasteiger partial charge in [-0.3, -0.25) is 34.4 Å². The van der Waals surface area contributed by atoms with Crippen LogP contribution in [-0.2, 0) is 25.6 Å². The van der Waals surface area contributed by atoms with Crippen LogP contribution in [-0.4, -0.2) is 53.5 Å². The Kier molecular flexibility index (Phi) is 7.87. The first-order valence-electron chi connectivity index (χ1n) is 10.8. The van der Waals surface area contributed by atoms with Crippen LogP contribution < -0.4 is 10.6 Å². The normalized spacial score (nSPS) is 22.1. The molecular weight excluding hydrogens is 427 g/mol. The zero-order chi connectivity index (χ0) is 24.0. The third kappa shape index (κ3) is 6.44. The summed E-state index contributed by atoms with van der Waals surface area (Å²) in [5.74, 6) is -1.50. The lowest BCUT2D eigenvalue weighted by atomic mass is 10.0. The molecular formula is C24H27FN4O4. The predicted octanol–water partition coefficient (Wildman–Crippen LogP) is 1.73. The molecule has 1 saturated heterocycles. The number of nitrogens with zero attached hydrogens (tertiary/aromatic N) is 2. The van der Waals surface area contributed by atoms with Gasteiger partial charge in [0, 0.05) is 13.0 Å². The van der Waals surface area contributed by atoms with Gasteiger partial charge in [-0.1, -0.05) is 30.4 Å². The molecule has 9 heteroatoms. The number of nitrogens with one attached hydrogen (secondary N) is 2. The number of amides is 4. The maximum Gasteiger partial charge on any atom is 0.249 e. The maximum absolute atomic E-state index is 13.7. The first-order valence-corrected chi connectivity index (χ1v) is 10.8. The highest BCUT2D eigenvalue weighted by Gasteiger charge is 2.36. The van der Waals surface area contributed by atoms with E-state index in [1.54, 1.807) is 44.2 Å². The van der Waals surface area contributed by atoms with Crippen LogP contribution in [0.5, 0.6) is 0 Å². The van der Waals surface area contributed by atoms with Crippen LogP contribution in [0, 0.1) is 12.7 Å². The van der Waals surface area contributed by atoms with Gasteiger partial charge in [-0.2, -0.15) is 0 Å². The van der Waals surface area contributed by atoms with Gasteiger partial charge < -0.3 is 5.32 Å². The van der Waals surface area contributed by atoms with Crippen molar-refractivity contribution in [3.63, 3.8) is 0 Å². The lowest BCUT2D eigenvalue weighted by molar-refractivity contribution is -0.142. The molecule has 8 nitrogen and oxygen atoms in total. The van der Waals surface area contributed by atoms with E-state index in [1.165, 1.54) is 11.0 Å². The molecule has 2 aliphatic heterocycles. The van der Waals surface area contributed by atoms with Crippen molar-refractivity contribution in [3.05, 3.63) is 58.9 Å². The SMILES string of the molecule is CC1=NC/C=C\C=C(\CNC(=O)Cc2ccc(C)c(F)c2)CC(=O)N1C1CCC(=O)NC1=O. The molecule has 2 heterocycles. The minimum atomic E-state index is -0.811. The van der Waals surface area contributed by atoms with Crippen molar-refractivity contribution in [2.45, 2.75) is 45.6 Å². The lowest BCUT2D eigenvalue weighted by Gasteiger charge is -2.33. The smallest absolute Gasteiger partial charge is 0.249 e. The Morgan fingerprint density at radius 1 is 1.27 bits per heavy atom. The van der Waals surface area contributed by atoms with Gasteiger partial charge in [0.2, 0.25) is 23.6 Å². The Labute approximate surface area is 191 Å². The molecule has 2 aliphatic rings. The van der Waals surface area contributed by atoms with E-state index < -0.39 is 11.9 Å². The van der Waals surface area contributed by atoms with Crippen molar-refractivity contribution in [2.75, 3.05) is 13.1 Å². The third-order valence-electron chi connectivity index (χ3n) is 5.52. The van der Waals surface area contributed by atoms with Crippen LogP contribution in [0.1, 0.15) is 37.3 Å². The zero-order valence-electron chi connectivity index (χ0n) is 18.7. The summed E-state index contributed by atoms with van der Waals surface area (Å²) < 4.78 is 13.7. The number of aryl methyl sites for hydroxylation is 1. The standard InChI is InChI=1S/C24H27FN4O4/c1-15-6-7-17(11-19(15)25)12-22(31)27-14-18-5-3-4-10-26-16(2)29(23(32)13-18)20-8-9-21(30)28-24(20)33/h3-7,11,20H,8-10,12-14H2,1-2H3,(H,27,31)(H,28,30,33)/b4-3-,18-5+,26-16?. The molecule has 0 bridgehead atoms. The van der Waals surface area contributed by atoms with Gasteiger partial charge in [0.15, 0.2) is 0 Å². The molecule has 33 heavy (non-hydrogen) atoms. The van der Waals surface area contributed by atoms with E-state index in [1.807, 2.05) is 0 Å². The van der Waals surface area contributed by atoms with Gasteiger partial charge >= 0.3 is 0 Å². The van der Waals surface area contributed by atoms with Gasteiger partial charge in [-0.15, -0.1) is 0 Å². The molecule has 174 valence electrons. The number of amidine groups is 1. The van der Waals surface area contributed by atoms with Gasteiger partial charge in [0.1, 0.15) is 17.7 Å². The Balaban J connectivity index is 1.68. The number of allylic oxidation sites excluding steroid dienone is 2. The van der Waals surface area contributed by atoms with Crippen molar-refractivity contribution >= 4 is 29.5 Å². The highest BCUT2D eigenvalue weighted by atomic mass is 19.1. The monoisotopic (exact) mass is 454 g/mol. The molecule has 0 saturated carbocycles. The van der Waals surface area contributed by atoms with Crippen LogP contribution in [0.25, 0.3) is 0 Å². The number of carbonyl (C=O) groups excluding carboxylic acids is 4. The number of carbonyl (C=O) groups is 4. The fraction of sp³-hybridized carbons (Fsp3) is 0.375. The summed E-state index contributed by atoms with van der Waals surface area (Å²) >= 11 is 0. The molecule has 1 fully saturated rings. The van der Waals surface area contributed by atoms with Crippen LogP contribution in [0.4, 0.5) is 4.39 Å². The highest BCUT2D eigenvalue weighted by Crippen LogP contribution is 2.17. The van der Waals surface area contributed by atoms with Gasteiger partial charge in [0.05, 0.1) is 19.4 Å². The van der Waals surface area contributed by atoms with Gasteiger partial charge in [-0.25, -0.2) is 4.39 Å². The van der Waals surface area contributed by atoms with E-state index >= 15 is 0 Å². The molecule has 0 radical (unpaired) electrons. The van der Waals surface area contributed by atoms with Gasteiger partial charge in [0.25, 0.3) is 0 Å². The fourth-order valence-corrected chi connectivity index (χ4v) is 3.70. The number of hydrogen-bond donors (Lipinski definition) is 2. The Morgan fingerprint density at radius 2 is 2.06 bits per heavy atom. The summed E-state index contributed by atoms with van der Waals surface area (Å²) in [6, 6.07) is 3.85. The lowest BCUT2D eigenvalue weighted by Crippen LogP contribution is -2.56. The summed E-state index contributed by atoms with van der Waals surface area (Å²) in [7, 11) is 0. The van der Waals surface area contributed by atoms with Crippen molar-refractivity contribution < 1.29 is 23.6 Å². The van der Waals surface area contributed by atoms with E-state index in [4.69, 9.17) is 0 Å². The second kappa shape index (κ2) is 10.8. The van der Waals surface area contributed by atoms with E-state index in [9.17, 15) is 23.6 Å². The molecule has 1 aromatic carbocycles. The number of aliphatic imine (C=N–C) groups is 1. The molecule has 0 aromatic heterocycles. The largest absolute Gasteiger partial charge is 0.352 e. The quantitative estimate of drug-likeness (QED) is 0.661. The van der Waals surface area contributed by atoms with Crippen molar-refractivity contribution in [1.29, 1.82) is 0 Å². The molecule has 1 atom stereocenters. The number of imide groups is 1. The minimum Gasteiger partial charge on any atom is -0.352 e. The first kappa shape index (κ1) is 24.0. The number of halogens is 1. The second-order valence-electron chi connectivity index (χ2n) is 8.09. The maximum atomic E-state index is 13.7. The second-order valence-corrected chi connectivity index (χ2v) is 8.09. The third-order valence-corrected chi connectivity index (χ3v) is 5.52. The fourth-order valence-electron chi connectivity index (χ4n) is 3.70. The summed E-state index contributed by atoms with van der Waals surface area (Å²) in [5.41, 5.74) is 1.71. The Bertz CT molecular complexity index is 1060. The van der Waals surface area contributed by atoms with E-state index in [0.29, 0.717) is 29.1 Å². The minimum absolute atomic E-state index is 0.0163. The Hall–Kier alpha value is -3.62. The predicted molar refractivity (Wildman–Crippen MR) is 121 cm³/mol. The van der Waals surface area contributed by atoms with Crippen molar-refractivity contribution in [1.82, 2.24) is 15.5 Å². The van der Waals surface area contributed by atoms with Crippen LogP contribution in [0.2, 0.25) is 0 Å². The highest BCUT2D eigenvalue weighted by molar-refractivity contribution is 6.07. The zero-order valence-corrected chi connectivity index (χ0v) is 18.7. The van der Waals surface area contributed by atoms with Crippen LogP contribution >= 0.6 is 0 Å². The van der Waals surface area contributed by atoms with Gasteiger partial charge in [-0.05, 0) is 43.0 Å². The molecule has 2 N–H and O–H groups in total. The van der Waals surface area contributed by atoms with E-state index in [-0.39, 0.29) is 55.8 Å². The summed E-state index contributed by atoms with van der Waals surface area (Å²) in [6.45, 7) is 3.75. The van der Waals surface area contributed by atoms with E-state index in [0.717, 1.165) is 0 Å². The van der Waals surface area contributed by atoms with Crippen LogP contribution in [0.15, 0.2) is 47.0 Å². The summed E-state index contributed by atoms with van der Waals surface area (Å²) in [6.07, 6.45) is 5.66. The topological polar surface area (TPSA) is 108 Å². The number of piperidine rings is 1. The average Bonchev–Trinajstić information content (AvgIpc) is 2.75. The van der Waals surface area contributed by atoms with Crippen molar-refractivity contribution in [3.8, 4) is 0 Å². The molecule has 0 spiro atoms. The molecule has 1 aromatic rings.